The van der Waals surface area contributed by atoms with Crippen molar-refractivity contribution in [3.8, 4) is 0 Å². The minimum Gasteiger partial charge on any atom is -0.480 e. The van der Waals surface area contributed by atoms with Crippen LogP contribution in [-0.2, 0) is 29.0 Å². The average Bonchev–Trinajstić information content (AvgIpc) is 2.60. The van der Waals surface area contributed by atoms with Crippen LogP contribution in [0.15, 0.2) is 0 Å². The van der Waals surface area contributed by atoms with Gasteiger partial charge in [-0.15, -0.1) is 0 Å². The van der Waals surface area contributed by atoms with E-state index in [1.807, 2.05) is 0 Å². The van der Waals surface area contributed by atoms with Crippen molar-refractivity contribution in [2.45, 2.75) is 36.1 Å². The number of fused-ring (bicyclic) bond motifs is 1. The summed E-state index contributed by atoms with van der Waals surface area (Å²) in [5.41, 5.74) is 5.25. The van der Waals surface area contributed by atoms with E-state index in [0.717, 1.165) is 4.90 Å². The number of rotatable bonds is 5. The zero-order valence-corrected chi connectivity index (χ0v) is 13.3. The quantitative estimate of drug-likeness (QED) is 0.353. The van der Waals surface area contributed by atoms with Crippen LogP contribution < -0.4 is 5.73 Å². The molecule has 0 aromatic heterocycles. The molecule has 0 spiro atoms. The minimum absolute atomic E-state index is 0.534. The summed E-state index contributed by atoms with van der Waals surface area (Å²) in [5, 5.41) is 16.6. The Labute approximate surface area is 132 Å². The van der Waals surface area contributed by atoms with E-state index in [1.165, 1.54) is 13.8 Å². The van der Waals surface area contributed by atoms with Crippen molar-refractivity contribution in [2.75, 3.05) is 13.2 Å². The molecule has 11 heteroatoms. The molecule has 0 bridgehead atoms. The second kappa shape index (κ2) is 5.42. The van der Waals surface area contributed by atoms with Gasteiger partial charge in [-0.2, -0.15) is 0 Å². The molecule has 2 aliphatic heterocycles. The highest BCUT2D eigenvalue weighted by Crippen LogP contribution is 2.48. The molecule has 23 heavy (non-hydrogen) atoms. The number of carboxylic acids is 1. The Bertz CT molecular complexity index is 658. The van der Waals surface area contributed by atoms with Gasteiger partial charge in [0.15, 0.2) is 15.2 Å². The predicted octanol–water partition coefficient (Wildman–Crippen LogP) is -2.71. The lowest BCUT2D eigenvalue weighted by atomic mass is 9.92. The summed E-state index contributed by atoms with van der Waals surface area (Å²) in [6.07, 6.45) is 0. The number of sulfone groups is 1. The third-order valence-electron chi connectivity index (χ3n) is 4.32. The maximum absolute atomic E-state index is 12.5. The summed E-state index contributed by atoms with van der Waals surface area (Å²) in [7, 11) is -3.96. The third-order valence-corrected chi connectivity index (χ3v) is 7.20. The Morgan fingerprint density at radius 1 is 1.43 bits per heavy atom. The largest absolute Gasteiger partial charge is 0.480 e. The Morgan fingerprint density at radius 2 is 2.00 bits per heavy atom. The molecule has 10 nitrogen and oxygen atoms in total. The van der Waals surface area contributed by atoms with E-state index in [-0.39, 0.29) is 0 Å². The summed E-state index contributed by atoms with van der Waals surface area (Å²) >= 11 is 0. The normalized spacial score (nSPS) is 31.9. The first-order valence-corrected chi connectivity index (χ1v) is 8.34. The topological polar surface area (TPSA) is 164 Å². The zero-order chi connectivity index (χ0) is 17.7. The molecule has 2 rings (SSSR count). The molecular weight excluding hydrogens is 332 g/mol. The zero-order valence-electron chi connectivity index (χ0n) is 12.5. The molecule has 0 saturated carbocycles. The van der Waals surface area contributed by atoms with Gasteiger partial charge < -0.3 is 25.6 Å². The van der Waals surface area contributed by atoms with Crippen LogP contribution >= 0.6 is 0 Å². The highest BCUT2D eigenvalue weighted by molar-refractivity contribution is 7.93. The van der Waals surface area contributed by atoms with E-state index in [2.05, 4.69) is 0 Å². The van der Waals surface area contributed by atoms with Crippen LogP contribution in [0.25, 0.3) is 0 Å². The molecule has 4 atom stereocenters. The molecule has 2 heterocycles. The number of hydrogen-bond acceptors (Lipinski definition) is 8. The summed E-state index contributed by atoms with van der Waals surface area (Å²) in [5.74, 6) is -4.25. The van der Waals surface area contributed by atoms with Crippen LogP contribution in [0.5, 0.6) is 0 Å². The van der Waals surface area contributed by atoms with Crippen molar-refractivity contribution in [1.29, 1.82) is 0 Å². The van der Waals surface area contributed by atoms with Crippen molar-refractivity contribution in [3.63, 3.8) is 0 Å². The molecule has 130 valence electrons. The molecule has 0 aromatic carbocycles. The number of carbonyl (C=O) groups excluding carboxylic acids is 2. The van der Waals surface area contributed by atoms with Crippen LogP contribution in [0.4, 0.5) is 0 Å². The highest BCUT2D eigenvalue weighted by atomic mass is 32.2. The number of carboxylic acid groups (broad SMARTS) is 1. The van der Waals surface area contributed by atoms with Crippen molar-refractivity contribution < 1.29 is 37.8 Å². The molecule has 2 fully saturated rings. The van der Waals surface area contributed by atoms with Crippen molar-refractivity contribution in [1.82, 2.24) is 4.90 Å². The van der Waals surface area contributed by atoms with Gasteiger partial charge in [0.2, 0.25) is 5.91 Å². The number of esters is 1. The van der Waals surface area contributed by atoms with E-state index < -0.39 is 69.0 Å². The van der Waals surface area contributed by atoms with Crippen LogP contribution in [0.2, 0.25) is 0 Å². The van der Waals surface area contributed by atoms with Gasteiger partial charge in [0, 0.05) is 0 Å². The van der Waals surface area contributed by atoms with E-state index in [4.69, 9.17) is 15.6 Å². The number of amides is 1. The van der Waals surface area contributed by atoms with Gasteiger partial charge in [-0.3, -0.25) is 9.59 Å². The Hall–Kier alpha value is -1.72. The summed E-state index contributed by atoms with van der Waals surface area (Å²) in [6, 6.07) is -2.78. The first kappa shape index (κ1) is 17.6. The lowest BCUT2D eigenvalue weighted by Gasteiger charge is -2.42. The number of hydrogen-bond donors (Lipinski definition) is 3. The summed E-state index contributed by atoms with van der Waals surface area (Å²) < 4.78 is 28.1. The summed E-state index contributed by atoms with van der Waals surface area (Å²) in [6.45, 7) is 1.31. The predicted molar refractivity (Wildman–Crippen MR) is 74.6 cm³/mol. The monoisotopic (exact) mass is 350 g/mol. The van der Waals surface area contributed by atoms with Gasteiger partial charge >= 0.3 is 11.9 Å². The van der Waals surface area contributed by atoms with Gasteiger partial charge in [0.25, 0.3) is 0 Å². The first-order chi connectivity index (χ1) is 10.5. The first-order valence-electron chi connectivity index (χ1n) is 6.80. The fourth-order valence-corrected chi connectivity index (χ4v) is 5.22. The molecule has 0 aliphatic carbocycles. The maximum Gasteiger partial charge on any atom is 0.328 e. The van der Waals surface area contributed by atoms with Gasteiger partial charge in [-0.25, -0.2) is 13.2 Å². The van der Waals surface area contributed by atoms with E-state index in [9.17, 15) is 27.9 Å². The lowest BCUT2D eigenvalue weighted by Crippen LogP contribution is -2.64. The molecule has 1 amide bonds. The second-order valence-electron chi connectivity index (χ2n) is 6.05. The molecular formula is C12H18N2O8S. The maximum atomic E-state index is 12.5. The van der Waals surface area contributed by atoms with Crippen molar-refractivity contribution in [3.05, 3.63) is 0 Å². The Morgan fingerprint density at radius 3 is 2.48 bits per heavy atom. The van der Waals surface area contributed by atoms with E-state index in [0.29, 0.717) is 0 Å². The molecule has 0 aromatic rings. The Balaban J connectivity index is 2.22. The van der Waals surface area contributed by atoms with Gasteiger partial charge in [-0.1, -0.05) is 0 Å². The SMILES string of the molecule is CC1(C)[C@H](C(=O)O)N2C(=O)[C@@H](COC(=O)[C@@H](N)CO)[C@H]2S1(=O)=O. The molecule has 4 N–H and O–H groups in total. The number of aliphatic hydroxyl groups is 1. The standard InChI is InChI=1S/C12H18N2O8S/c1-12(2)7(10(17)18)14-8(16)5(9(14)23(12,20)21)4-22-11(19)6(13)3-15/h5-7,9,15H,3-4,13H2,1-2H3,(H,17,18)/t5-,6+,7+,9-/m1/s1. The molecule has 2 aliphatic rings. The minimum atomic E-state index is -3.96. The molecule has 0 radical (unpaired) electrons. The lowest BCUT2D eigenvalue weighted by molar-refractivity contribution is -0.169. The van der Waals surface area contributed by atoms with Crippen molar-refractivity contribution in [2.24, 2.45) is 11.7 Å². The number of nitrogens with zero attached hydrogens (tertiary/aromatic N) is 1. The van der Waals surface area contributed by atoms with E-state index >= 15 is 0 Å². The fourth-order valence-electron chi connectivity index (χ4n) is 2.92. The average molecular weight is 350 g/mol. The van der Waals surface area contributed by atoms with Crippen LogP contribution in [0, 0.1) is 5.92 Å². The number of β-lactam (4-membered cyclic amide) rings is 1. The number of aliphatic hydroxyl groups excluding tert-OH is 1. The fraction of sp³-hybridized carbons (Fsp3) is 0.750. The van der Waals surface area contributed by atoms with E-state index in [1.54, 1.807) is 0 Å². The molecule has 2 saturated heterocycles. The van der Waals surface area contributed by atoms with Gasteiger partial charge in [-0.05, 0) is 13.8 Å². The highest BCUT2D eigenvalue weighted by Gasteiger charge is 2.72. The molecule has 0 unspecified atom stereocenters. The van der Waals surface area contributed by atoms with Crippen LogP contribution in [0.3, 0.4) is 0 Å². The number of carbonyl (C=O) groups is 3. The van der Waals surface area contributed by atoms with Crippen LogP contribution in [-0.4, -0.2) is 76.8 Å². The van der Waals surface area contributed by atoms with Gasteiger partial charge in [0.05, 0.1) is 11.4 Å². The number of aliphatic carboxylic acids is 1. The smallest absolute Gasteiger partial charge is 0.328 e. The van der Waals surface area contributed by atoms with Crippen molar-refractivity contribution >= 4 is 27.7 Å². The number of nitrogens with two attached hydrogens (primary N) is 1. The second-order valence-corrected chi connectivity index (χ2v) is 8.68. The van der Waals surface area contributed by atoms with Crippen LogP contribution in [0.1, 0.15) is 13.8 Å². The summed E-state index contributed by atoms with van der Waals surface area (Å²) in [4.78, 5) is 35.7. The third kappa shape index (κ3) is 2.30. The number of ether oxygens (including phenoxy) is 1. The Kier molecular flexibility index (Phi) is 4.16. The van der Waals surface area contributed by atoms with Gasteiger partial charge in [0.1, 0.15) is 24.6 Å².